The van der Waals surface area contributed by atoms with Gasteiger partial charge in [0.05, 0.1) is 0 Å². The zero-order valence-electron chi connectivity index (χ0n) is 12.7. The van der Waals surface area contributed by atoms with Crippen molar-refractivity contribution in [2.24, 2.45) is 7.05 Å². The van der Waals surface area contributed by atoms with Gasteiger partial charge < -0.3 is 9.88 Å². The van der Waals surface area contributed by atoms with Crippen molar-refractivity contribution in [3.63, 3.8) is 0 Å². The van der Waals surface area contributed by atoms with Crippen LogP contribution in [0.1, 0.15) is 23.9 Å². The molecule has 120 valence electrons. The van der Waals surface area contributed by atoms with Gasteiger partial charge in [-0.3, -0.25) is 4.79 Å². The van der Waals surface area contributed by atoms with Crippen LogP contribution in [-0.2, 0) is 28.4 Å². The third-order valence-electron chi connectivity index (χ3n) is 3.25. The van der Waals surface area contributed by atoms with Crippen molar-refractivity contribution in [3.05, 3.63) is 23.0 Å². The number of aromatic nitrogens is 3. The smallest absolute Gasteiger partial charge is 0.270 e. The molecule has 2 heterocycles. The maximum absolute atomic E-state index is 12.2. The number of amides is 1. The third-order valence-corrected chi connectivity index (χ3v) is 5.86. The summed E-state index contributed by atoms with van der Waals surface area (Å²) in [4.78, 5) is 10.9. The molecule has 1 amide bonds. The highest BCUT2D eigenvalue weighted by molar-refractivity contribution is 7.91. The monoisotopic (exact) mass is 343 g/mol. The van der Waals surface area contributed by atoms with Crippen molar-refractivity contribution >= 4 is 32.4 Å². The van der Waals surface area contributed by atoms with Gasteiger partial charge in [0.1, 0.15) is 0 Å². The number of nitrogens with one attached hydrogen (secondary N) is 2. The fourth-order valence-corrected chi connectivity index (χ4v) is 3.86. The number of anilines is 1. The average molecular weight is 343 g/mol. The quantitative estimate of drug-likeness (QED) is 0.786. The molecule has 0 spiro atoms. The summed E-state index contributed by atoms with van der Waals surface area (Å²) in [6.07, 6.45) is 0. The molecule has 2 aromatic heterocycles. The molecule has 2 rings (SSSR count). The van der Waals surface area contributed by atoms with Gasteiger partial charge in [0.25, 0.3) is 10.0 Å². The van der Waals surface area contributed by atoms with E-state index in [-0.39, 0.29) is 21.9 Å². The van der Waals surface area contributed by atoms with Gasteiger partial charge in [-0.2, -0.15) is 0 Å². The number of hydrogen-bond donors (Lipinski definition) is 2. The van der Waals surface area contributed by atoms with Crippen molar-refractivity contribution in [2.75, 3.05) is 5.32 Å². The zero-order valence-corrected chi connectivity index (χ0v) is 14.3. The molecule has 0 unspecified atom stereocenters. The molecule has 0 bridgehead atoms. The molecule has 0 aliphatic rings. The normalized spacial score (nSPS) is 11.6. The predicted molar refractivity (Wildman–Crippen MR) is 83.1 cm³/mol. The second kappa shape index (κ2) is 6.15. The molecule has 22 heavy (non-hydrogen) atoms. The van der Waals surface area contributed by atoms with Crippen molar-refractivity contribution in [2.45, 2.75) is 31.7 Å². The van der Waals surface area contributed by atoms with E-state index in [1.54, 1.807) is 0 Å². The predicted octanol–water partition coefficient (Wildman–Crippen LogP) is 0.930. The Kier molecular flexibility index (Phi) is 4.63. The topological polar surface area (TPSA) is 106 Å². The van der Waals surface area contributed by atoms with E-state index in [1.807, 2.05) is 31.5 Å². The van der Waals surface area contributed by atoms with Crippen molar-refractivity contribution in [1.29, 1.82) is 0 Å². The summed E-state index contributed by atoms with van der Waals surface area (Å²) in [7, 11) is -1.84. The first-order chi connectivity index (χ1) is 10.2. The van der Waals surface area contributed by atoms with Gasteiger partial charge in [-0.15, -0.1) is 10.2 Å². The van der Waals surface area contributed by atoms with Gasteiger partial charge >= 0.3 is 0 Å². The number of hydrogen-bond acceptors (Lipinski definition) is 6. The maximum atomic E-state index is 12.2. The summed E-state index contributed by atoms with van der Waals surface area (Å²) in [5, 5.41) is 9.78. The number of aryl methyl sites for hydroxylation is 1. The fourth-order valence-electron chi connectivity index (χ4n) is 1.87. The highest BCUT2D eigenvalue weighted by atomic mass is 32.2. The SMILES string of the molecule is CC(=O)Nc1nnc(S(=O)(=O)NCc2cc(C)n(C)c2C)s1. The molecule has 0 aromatic carbocycles. The van der Waals surface area contributed by atoms with Crippen LogP contribution in [0.25, 0.3) is 0 Å². The van der Waals surface area contributed by atoms with Gasteiger partial charge in [-0.1, -0.05) is 11.3 Å². The van der Waals surface area contributed by atoms with E-state index in [0.717, 1.165) is 28.3 Å². The number of carbonyl (C=O) groups is 1. The Hall–Kier alpha value is -1.78. The first kappa shape index (κ1) is 16.6. The van der Waals surface area contributed by atoms with Crippen LogP contribution in [0.3, 0.4) is 0 Å². The highest BCUT2D eigenvalue weighted by Crippen LogP contribution is 2.20. The Morgan fingerprint density at radius 2 is 2.05 bits per heavy atom. The van der Waals surface area contributed by atoms with Crippen LogP contribution in [0, 0.1) is 13.8 Å². The Bertz CT molecular complexity index is 807. The van der Waals surface area contributed by atoms with Crippen molar-refractivity contribution < 1.29 is 13.2 Å². The first-order valence-electron chi connectivity index (χ1n) is 6.43. The first-order valence-corrected chi connectivity index (χ1v) is 8.73. The molecule has 0 atom stereocenters. The van der Waals surface area contributed by atoms with Crippen LogP contribution in [0.15, 0.2) is 10.4 Å². The second-order valence-corrected chi connectivity index (χ2v) is 7.75. The summed E-state index contributed by atoms with van der Waals surface area (Å²) in [5.41, 5.74) is 2.95. The molecular weight excluding hydrogens is 326 g/mol. The minimum atomic E-state index is -3.76. The lowest BCUT2D eigenvalue weighted by molar-refractivity contribution is -0.114. The van der Waals surface area contributed by atoms with Crippen LogP contribution in [0.5, 0.6) is 0 Å². The van der Waals surface area contributed by atoms with Crippen molar-refractivity contribution in [1.82, 2.24) is 19.5 Å². The van der Waals surface area contributed by atoms with E-state index in [1.165, 1.54) is 6.92 Å². The summed E-state index contributed by atoms with van der Waals surface area (Å²) < 4.78 is 28.7. The van der Waals surface area contributed by atoms with Crippen molar-refractivity contribution in [3.8, 4) is 0 Å². The largest absolute Gasteiger partial charge is 0.352 e. The zero-order chi connectivity index (χ0) is 16.5. The van der Waals surface area contributed by atoms with E-state index in [4.69, 9.17) is 0 Å². The summed E-state index contributed by atoms with van der Waals surface area (Å²) in [6.45, 7) is 5.37. The maximum Gasteiger partial charge on any atom is 0.270 e. The average Bonchev–Trinajstić information content (AvgIpc) is 2.98. The van der Waals surface area contributed by atoms with Crippen LogP contribution >= 0.6 is 11.3 Å². The van der Waals surface area contributed by atoms with Crippen LogP contribution < -0.4 is 10.0 Å². The van der Waals surface area contributed by atoms with E-state index >= 15 is 0 Å². The molecular formula is C12H17N5O3S2. The molecule has 8 nitrogen and oxygen atoms in total. The lowest BCUT2D eigenvalue weighted by Crippen LogP contribution is -2.23. The van der Waals surface area contributed by atoms with Crippen LogP contribution in [-0.4, -0.2) is 29.1 Å². The van der Waals surface area contributed by atoms with E-state index in [0.29, 0.717) is 0 Å². The Balaban J connectivity index is 2.12. The van der Waals surface area contributed by atoms with Gasteiger partial charge in [0, 0.05) is 31.9 Å². The van der Waals surface area contributed by atoms with E-state index < -0.39 is 10.0 Å². The summed E-state index contributed by atoms with van der Waals surface area (Å²) in [6, 6.07) is 1.93. The standard InChI is InChI=1S/C12H17N5O3S2/c1-7-5-10(8(2)17(7)4)6-13-22(19,20)12-16-15-11(21-12)14-9(3)18/h5,13H,6H2,1-4H3,(H,14,15,18). The molecule has 0 fully saturated rings. The van der Waals surface area contributed by atoms with E-state index in [9.17, 15) is 13.2 Å². The van der Waals surface area contributed by atoms with E-state index in [2.05, 4.69) is 20.2 Å². The second-order valence-electron chi connectivity index (χ2n) is 4.83. The van der Waals surface area contributed by atoms with Gasteiger partial charge in [0.15, 0.2) is 0 Å². The molecule has 0 aliphatic carbocycles. The Morgan fingerprint density at radius 1 is 1.36 bits per heavy atom. The summed E-state index contributed by atoms with van der Waals surface area (Å²) in [5.74, 6) is -0.330. The van der Waals surface area contributed by atoms with Gasteiger partial charge in [-0.05, 0) is 25.5 Å². The lowest BCUT2D eigenvalue weighted by atomic mass is 10.2. The summed E-state index contributed by atoms with van der Waals surface area (Å²) >= 11 is 0.806. The molecule has 0 saturated heterocycles. The molecule has 10 heteroatoms. The lowest BCUT2D eigenvalue weighted by Gasteiger charge is -2.04. The molecule has 0 saturated carbocycles. The number of rotatable bonds is 5. The fraction of sp³-hybridized carbons (Fsp3) is 0.417. The molecule has 0 aliphatic heterocycles. The van der Waals surface area contributed by atoms with Gasteiger partial charge in [-0.25, -0.2) is 13.1 Å². The van der Waals surface area contributed by atoms with Gasteiger partial charge in [0.2, 0.25) is 15.4 Å². The van der Waals surface area contributed by atoms with Crippen LogP contribution in [0.4, 0.5) is 5.13 Å². The number of sulfonamides is 1. The molecule has 0 radical (unpaired) electrons. The number of carbonyl (C=O) groups excluding carboxylic acids is 1. The minimum absolute atomic E-state index is 0.152. The highest BCUT2D eigenvalue weighted by Gasteiger charge is 2.21. The number of nitrogens with zero attached hydrogens (tertiary/aromatic N) is 3. The Labute approximate surface area is 132 Å². The van der Waals surface area contributed by atoms with Crippen LogP contribution in [0.2, 0.25) is 0 Å². The minimum Gasteiger partial charge on any atom is -0.352 e. The molecule has 2 aromatic rings. The third kappa shape index (κ3) is 3.51. The molecule has 2 N–H and O–H groups in total. The Morgan fingerprint density at radius 3 is 2.59 bits per heavy atom.